The van der Waals surface area contributed by atoms with E-state index in [0.29, 0.717) is 21.4 Å². The molecule has 0 unspecified atom stereocenters. The van der Waals surface area contributed by atoms with Crippen molar-refractivity contribution < 1.29 is 14.3 Å². The van der Waals surface area contributed by atoms with Crippen molar-refractivity contribution in [3.05, 3.63) is 76.2 Å². The number of carbonyl (C=O) groups is 2. The molecular formula is C21H14ClNO3S. The first-order valence-corrected chi connectivity index (χ1v) is 9.37. The molecule has 0 aromatic heterocycles. The summed E-state index contributed by atoms with van der Waals surface area (Å²) in [6, 6.07) is 18.3. The molecule has 6 heteroatoms. The van der Waals surface area contributed by atoms with Crippen molar-refractivity contribution in [2.45, 2.75) is 0 Å². The first kappa shape index (κ1) is 17.6. The fourth-order valence-electron chi connectivity index (χ4n) is 3.04. The van der Waals surface area contributed by atoms with Gasteiger partial charge >= 0.3 is 0 Å². The fourth-order valence-corrected chi connectivity index (χ4v) is 4.05. The number of nitrogens with zero attached hydrogens (tertiary/aromatic N) is 1. The molecule has 0 saturated carbocycles. The van der Waals surface area contributed by atoms with E-state index in [2.05, 4.69) is 0 Å². The van der Waals surface area contributed by atoms with Gasteiger partial charge in [0.15, 0.2) is 0 Å². The Labute approximate surface area is 165 Å². The number of carbonyl (C=O) groups excluding carboxylic acids is 2. The van der Waals surface area contributed by atoms with Crippen LogP contribution >= 0.6 is 23.4 Å². The summed E-state index contributed by atoms with van der Waals surface area (Å²) in [4.78, 5) is 26.8. The fraction of sp³-hybridized carbons (Fsp3) is 0.0476. The zero-order chi connectivity index (χ0) is 19.0. The molecule has 0 atom stereocenters. The zero-order valence-corrected chi connectivity index (χ0v) is 15.9. The highest BCUT2D eigenvalue weighted by Crippen LogP contribution is 2.39. The highest BCUT2D eigenvalue weighted by atomic mass is 35.5. The number of hydrogen-bond donors (Lipinski definition) is 0. The van der Waals surface area contributed by atoms with Crippen LogP contribution in [0.15, 0.2) is 65.6 Å². The van der Waals surface area contributed by atoms with Crippen LogP contribution < -0.4 is 9.64 Å². The van der Waals surface area contributed by atoms with Gasteiger partial charge < -0.3 is 4.74 Å². The van der Waals surface area contributed by atoms with Crippen LogP contribution in [0.4, 0.5) is 10.5 Å². The van der Waals surface area contributed by atoms with Crippen molar-refractivity contribution in [1.29, 1.82) is 0 Å². The normalized spacial score (nSPS) is 15.8. The van der Waals surface area contributed by atoms with E-state index in [0.717, 1.165) is 33.0 Å². The minimum Gasteiger partial charge on any atom is -0.496 e. The molecule has 1 aliphatic rings. The summed E-state index contributed by atoms with van der Waals surface area (Å²) in [6.07, 6.45) is 1.72. The Morgan fingerprint density at radius 2 is 1.85 bits per heavy atom. The second kappa shape index (κ2) is 7.10. The Bertz CT molecular complexity index is 1110. The summed E-state index contributed by atoms with van der Waals surface area (Å²) in [5.74, 6) is 0.269. The first-order valence-electron chi connectivity index (χ1n) is 8.18. The number of thioether (sulfide) groups is 1. The van der Waals surface area contributed by atoms with Crippen molar-refractivity contribution in [3.8, 4) is 5.75 Å². The van der Waals surface area contributed by atoms with E-state index in [4.69, 9.17) is 16.3 Å². The standard InChI is InChI=1S/C21H14ClNO3S/c1-26-18-10-9-13-5-2-3-8-16(13)17(18)12-19-20(24)23(21(25)27-19)15-7-4-6-14(22)11-15/h2-12H,1H3/b19-12-. The van der Waals surface area contributed by atoms with Gasteiger partial charge in [-0.2, -0.15) is 0 Å². The lowest BCUT2D eigenvalue weighted by Crippen LogP contribution is -2.27. The molecule has 0 aliphatic carbocycles. The predicted octanol–water partition coefficient (Wildman–Crippen LogP) is 5.74. The maximum absolute atomic E-state index is 12.9. The molecule has 1 fully saturated rings. The molecule has 1 heterocycles. The Morgan fingerprint density at radius 1 is 1.04 bits per heavy atom. The Hall–Kier alpha value is -2.76. The molecule has 0 spiro atoms. The molecule has 1 aliphatic heterocycles. The lowest BCUT2D eigenvalue weighted by Gasteiger charge is -2.12. The first-order chi connectivity index (χ1) is 13.1. The summed E-state index contributed by atoms with van der Waals surface area (Å²) < 4.78 is 5.47. The number of benzene rings is 3. The SMILES string of the molecule is COc1ccc2ccccc2c1/C=C1\SC(=O)N(c2cccc(Cl)c2)C1=O. The van der Waals surface area contributed by atoms with Crippen LogP contribution in [-0.2, 0) is 4.79 Å². The van der Waals surface area contributed by atoms with Crippen LogP contribution in [0.5, 0.6) is 5.75 Å². The van der Waals surface area contributed by atoms with Crippen molar-refractivity contribution >= 4 is 57.0 Å². The van der Waals surface area contributed by atoms with E-state index in [-0.39, 0.29) is 11.1 Å². The average Bonchev–Trinajstić information content (AvgIpc) is 2.95. The number of ether oxygens (including phenoxy) is 1. The van der Waals surface area contributed by atoms with E-state index in [9.17, 15) is 9.59 Å². The van der Waals surface area contributed by atoms with E-state index in [1.165, 1.54) is 0 Å². The lowest BCUT2D eigenvalue weighted by molar-refractivity contribution is -0.113. The van der Waals surface area contributed by atoms with Gasteiger partial charge in [-0.3, -0.25) is 9.59 Å². The molecule has 0 bridgehead atoms. The summed E-state index contributed by atoms with van der Waals surface area (Å²) in [6.45, 7) is 0. The largest absolute Gasteiger partial charge is 0.496 e. The van der Waals surface area contributed by atoms with Crippen molar-refractivity contribution in [1.82, 2.24) is 0 Å². The average molecular weight is 396 g/mol. The molecular weight excluding hydrogens is 382 g/mol. The van der Waals surface area contributed by atoms with Crippen LogP contribution in [0.1, 0.15) is 5.56 Å². The maximum atomic E-state index is 12.9. The number of rotatable bonds is 3. The number of hydrogen-bond acceptors (Lipinski definition) is 4. The van der Waals surface area contributed by atoms with Crippen molar-refractivity contribution in [2.24, 2.45) is 0 Å². The highest BCUT2D eigenvalue weighted by Gasteiger charge is 2.36. The minimum atomic E-state index is -0.373. The van der Waals surface area contributed by atoms with Gasteiger partial charge in [-0.15, -0.1) is 0 Å². The van der Waals surface area contributed by atoms with Crippen LogP contribution in [-0.4, -0.2) is 18.3 Å². The summed E-state index contributed by atoms with van der Waals surface area (Å²) in [5.41, 5.74) is 1.23. The molecule has 0 N–H and O–H groups in total. The number of halogens is 1. The van der Waals surface area contributed by atoms with E-state index in [1.807, 2.05) is 36.4 Å². The van der Waals surface area contributed by atoms with Gasteiger partial charge in [0.2, 0.25) is 0 Å². The Kier molecular flexibility index (Phi) is 4.64. The van der Waals surface area contributed by atoms with E-state index in [1.54, 1.807) is 37.5 Å². The topological polar surface area (TPSA) is 46.6 Å². The maximum Gasteiger partial charge on any atom is 0.298 e. The zero-order valence-electron chi connectivity index (χ0n) is 14.3. The Morgan fingerprint density at radius 3 is 2.63 bits per heavy atom. The third-order valence-electron chi connectivity index (χ3n) is 4.29. The summed E-state index contributed by atoms with van der Waals surface area (Å²) in [7, 11) is 1.58. The molecule has 3 aromatic carbocycles. The molecule has 4 nitrogen and oxygen atoms in total. The van der Waals surface area contributed by atoms with Gasteiger partial charge in [0.05, 0.1) is 17.7 Å². The molecule has 2 amide bonds. The lowest BCUT2D eigenvalue weighted by atomic mass is 10.0. The molecule has 0 radical (unpaired) electrons. The van der Waals surface area contributed by atoms with Crippen LogP contribution in [0, 0.1) is 0 Å². The van der Waals surface area contributed by atoms with Crippen molar-refractivity contribution in [2.75, 3.05) is 12.0 Å². The number of fused-ring (bicyclic) bond motifs is 1. The van der Waals surface area contributed by atoms with Gasteiger partial charge in [0.1, 0.15) is 5.75 Å². The smallest absolute Gasteiger partial charge is 0.298 e. The minimum absolute atomic E-state index is 0.342. The Balaban J connectivity index is 1.81. The number of anilines is 1. The molecule has 4 rings (SSSR count). The quantitative estimate of drug-likeness (QED) is 0.530. The highest BCUT2D eigenvalue weighted by molar-refractivity contribution is 8.19. The van der Waals surface area contributed by atoms with Crippen LogP contribution in [0.2, 0.25) is 5.02 Å². The molecule has 134 valence electrons. The molecule has 1 saturated heterocycles. The van der Waals surface area contributed by atoms with E-state index < -0.39 is 0 Å². The van der Waals surface area contributed by atoms with Gasteiger partial charge in [-0.25, -0.2) is 4.90 Å². The summed E-state index contributed by atoms with van der Waals surface area (Å²) in [5, 5.41) is 2.09. The van der Waals surface area contributed by atoms with Crippen LogP contribution in [0.3, 0.4) is 0 Å². The van der Waals surface area contributed by atoms with Gasteiger partial charge in [-0.1, -0.05) is 48.0 Å². The van der Waals surface area contributed by atoms with E-state index >= 15 is 0 Å². The second-order valence-corrected chi connectivity index (χ2v) is 7.33. The second-order valence-electron chi connectivity index (χ2n) is 5.90. The van der Waals surface area contributed by atoms with Gasteiger partial charge in [0, 0.05) is 10.6 Å². The molecule has 3 aromatic rings. The summed E-state index contributed by atoms with van der Waals surface area (Å²) >= 11 is 6.91. The molecule has 27 heavy (non-hydrogen) atoms. The van der Waals surface area contributed by atoms with Crippen LogP contribution in [0.25, 0.3) is 16.8 Å². The van der Waals surface area contributed by atoms with Crippen molar-refractivity contribution in [3.63, 3.8) is 0 Å². The third kappa shape index (κ3) is 3.20. The predicted molar refractivity (Wildman–Crippen MR) is 110 cm³/mol. The number of imide groups is 1. The van der Waals surface area contributed by atoms with Gasteiger partial charge in [-0.05, 0) is 52.9 Å². The number of amides is 2. The van der Waals surface area contributed by atoms with Gasteiger partial charge in [0.25, 0.3) is 11.1 Å². The number of methoxy groups -OCH3 is 1. The third-order valence-corrected chi connectivity index (χ3v) is 5.39. The monoisotopic (exact) mass is 395 g/mol.